The van der Waals surface area contributed by atoms with Crippen molar-refractivity contribution in [2.24, 2.45) is 0 Å². The summed E-state index contributed by atoms with van der Waals surface area (Å²) in [6.45, 7) is 8.04. The summed E-state index contributed by atoms with van der Waals surface area (Å²) in [4.78, 5) is 42.2. The first-order valence-corrected chi connectivity index (χ1v) is 8.83. The summed E-state index contributed by atoms with van der Waals surface area (Å²) in [6.07, 6.45) is 1.62. The maximum Gasteiger partial charge on any atom is 0.323 e. The Hall–Kier alpha value is -3.92. The Morgan fingerprint density at radius 1 is 1.14 bits per heavy atom. The summed E-state index contributed by atoms with van der Waals surface area (Å²) in [6, 6.07) is 11.5. The quantitative estimate of drug-likeness (QED) is 0.494. The number of anilines is 1. The van der Waals surface area contributed by atoms with E-state index in [-0.39, 0.29) is 16.8 Å². The molecule has 0 aliphatic carbocycles. The van der Waals surface area contributed by atoms with Crippen LogP contribution in [-0.4, -0.2) is 48.4 Å². The van der Waals surface area contributed by atoms with Gasteiger partial charge in [0.15, 0.2) is 0 Å². The van der Waals surface area contributed by atoms with Crippen molar-refractivity contribution in [2.75, 3.05) is 25.5 Å². The van der Waals surface area contributed by atoms with Crippen LogP contribution in [0.5, 0.6) is 0 Å². The number of imide groups is 1. The SMILES string of the molecule is [C-]#[N+]C1=C(C)/C(=C/c2ccc(N(C)C)c3ccccc23)C(=O)N(CC(=O)O)C1=O. The van der Waals surface area contributed by atoms with Crippen molar-refractivity contribution in [1.29, 1.82) is 0 Å². The normalized spacial score (nSPS) is 15.8. The van der Waals surface area contributed by atoms with Gasteiger partial charge in [-0.2, -0.15) is 0 Å². The Bertz CT molecular complexity index is 1150. The highest BCUT2D eigenvalue weighted by molar-refractivity contribution is 6.20. The van der Waals surface area contributed by atoms with Crippen LogP contribution < -0.4 is 4.90 Å². The Balaban J connectivity index is 2.24. The van der Waals surface area contributed by atoms with Crippen molar-refractivity contribution in [3.05, 3.63) is 70.2 Å². The number of hydrogen-bond acceptors (Lipinski definition) is 4. The van der Waals surface area contributed by atoms with Crippen molar-refractivity contribution in [1.82, 2.24) is 4.90 Å². The van der Waals surface area contributed by atoms with Gasteiger partial charge in [-0.25, -0.2) is 4.85 Å². The molecule has 0 spiro atoms. The lowest BCUT2D eigenvalue weighted by Gasteiger charge is -2.26. The second kappa shape index (κ2) is 7.60. The molecule has 0 radical (unpaired) electrons. The first kappa shape index (κ1) is 19.8. The molecule has 0 unspecified atom stereocenters. The fourth-order valence-corrected chi connectivity index (χ4v) is 3.37. The highest BCUT2D eigenvalue weighted by Gasteiger charge is 2.36. The monoisotopic (exact) mass is 389 g/mol. The maximum absolute atomic E-state index is 12.9. The molecule has 0 saturated heterocycles. The topological polar surface area (TPSA) is 82.3 Å². The van der Waals surface area contributed by atoms with E-state index in [0.29, 0.717) is 4.90 Å². The minimum atomic E-state index is -1.32. The average molecular weight is 389 g/mol. The molecular formula is C22H19N3O4. The van der Waals surface area contributed by atoms with Crippen LogP contribution in [-0.2, 0) is 14.4 Å². The molecule has 2 aromatic carbocycles. The number of rotatable bonds is 4. The lowest BCUT2D eigenvalue weighted by molar-refractivity contribution is -0.149. The number of aliphatic carboxylic acids is 1. The fourth-order valence-electron chi connectivity index (χ4n) is 3.37. The number of carbonyl (C=O) groups excluding carboxylic acids is 2. The molecule has 0 aromatic heterocycles. The van der Waals surface area contributed by atoms with Crippen molar-refractivity contribution in [3.63, 3.8) is 0 Å². The second-order valence-corrected chi connectivity index (χ2v) is 6.85. The van der Waals surface area contributed by atoms with Gasteiger partial charge in [-0.15, -0.1) is 0 Å². The Morgan fingerprint density at radius 3 is 2.38 bits per heavy atom. The molecule has 3 rings (SSSR count). The number of benzene rings is 2. The van der Waals surface area contributed by atoms with Gasteiger partial charge in [0.05, 0.1) is 6.57 Å². The minimum Gasteiger partial charge on any atom is -0.480 e. The molecule has 0 fully saturated rings. The van der Waals surface area contributed by atoms with Crippen LogP contribution in [0.4, 0.5) is 5.69 Å². The largest absolute Gasteiger partial charge is 0.480 e. The molecule has 7 heteroatoms. The third-order valence-corrected chi connectivity index (χ3v) is 4.80. The summed E-state index contributed by atoms with van der Waals surface area (Å²) in [5, 5.41) is 10.9. The van der Waals surface area contributed by atoms with E-state index in [1.54, 1.807) is 6.08 Å². The number of amides is 2. The molecular weight excluding hydrogens is 370 g/mol. The van der Waals surface area contributed by atoms with Crippen LogP contribution >= 0.6 is 0 Å². The Labute approximate surface area is 168 Å². The number of hydrogen-bond donors (Lipinski definition) is 1. The number of carboxylic acid groups (broad SMARTS) is 1. The molecule has 29 heavy (non-hydrogen) atoms. The molecule has 1 N–H and O–H groups in total. The number of carboxylic acids is 1. The van der Waals surface area contributed by atoms with E-state index in [4.69, 9.17) is 11.7 Å². The summed E-state index contributed by atoms with van der Waals surface area (Å²) in [5.41, 5.74) is 1.89. The number of carbonyl (C=O) groups is 3. The lowest BCUT2D eigenvalue weighted by Crippen LogP contribution is -2.45. The van der Waals surface area contributed by atoms with Crippen LogP contribution in [0, 0.1) is 6.57 Å². The number of nitrogens with zero attached hydrogens (tertiary/aromatic N) is 3. The van der Waals surface area contributed by atoms with Gasteiger partial charge in [-0.1, -0.05) is 30.3 Å². The van der Waals surface area contributed by atoms with Crippen LogP contribution in [0.15, 0.2) is 53.2 Å². The first-order valence-electron chi connectivity index (χ1n) is 8.83. The Kier molecular flexibility index (Phi) is 5.20. The summed E-state index contributed by atoms with van der Waals surface area (Å²) in [7, 11) is 3.88. The molecule has 2 aromatic rings. The zero-order valence-corrected chi connectivity index (χ0v) is 16.3. The van der Waals surface area contributed by atoms with Gasteiger partial charge in [0, 0.05) is 30.7 Å². The van der Waals surface area contributed by atoms with Crippen LogP contribution in [0.25, 0.3) is 21.7 Å². The molecule has 1 heterocycles. The van der Waals surface area contributed by atoms with Gasteiger partial charge in [0.2, 0.25) is 0 Å². The van der Waals surface area contributed by atoms with Crippen molar-refractivity contribution in [3.8, 4) is 0 Å². The summed E-state index contributed by atoms with van der Waals surface area (Å²) < 4.78 is 0. The van der Waals surface area contributed by atoms with Crippen molar-refractivity contribution in [2.45, 2.75) is 6.92 Å². The minimum absolute atomic E-state index is 0.139. The maximum atomic E-state index is 12.9. The van der Waals surface area contributed by atoms with E-state index in [1.165, 1.54) is 6.92 Å². The molecule has 2 amide bonds. The molecule has 0 saturated carbocycles. The molecule has 7 nitrogen and oxygen atoms in total. The first-order chi connectivity index (χ1) is 13.8. The van der Waals surface area contributed by atoms with Crippen LogP contribution in [0.3, 0.4) is 0 Å². The van der Waals surface area contributed by atoms with Gasteiger partial charge < -0.3 is 10.0 Å². The van der Waals surface area contributed by atoms with E-state index in [9.17, 15) is 14.4 Å². The fraction of sp³-hybridized carbons (Fsp3) is 0.182. The second-order valence-electron chi connectivity index (χ2n) is 6.85. The van der Waals surface area contributed by atoms with E-state index >= 15 is 0 Å². The van der Waals surface area contributed by atoms with Crippen molar-refractivity contribution >= 4 is 40.3 Å². The summed E-state index contributed by atoms with van der Waals surface area (Å²) >= 11 is 0. The van der Waals surface area contributed by atoms with Crippen LogP contribution in [0.1, 0.15) is 12.5 Å². The van der Waals surface area contributed by atoms with Gasteiger partial charge in [0.25, 0.3) is 17.5 Å². The van der Waals surface area contributed by atoms with Crippen molar-refractivity contribution < 1.29 is 19.5 Å². The van der Waals surface area contributed by atoms with Crippen LogP contribution in [0.2, 0.25) is 0 Å². The van der Waals surface area contributed by atoms with Gasteiger partial charge in [0.1, 0.15) is 6.54 Å². The van der Waals surface area contributed by atoms with E-state index in [2.05, 4.69) is 4.85 Å². The van der Waals surface area contributed by atoms with E-state index in [0.717, 1.165) is 22.0 Å². The van der Waals surface area contributed by atoms with E-state index in [1.807, 2.05) is 55.4 Å². The highest BCUT2D eigenvalue weighted by Crippen LogP contribution is 2.33. The zero-order chi connectivity index (χ0) is 21.3. The number of fused-ring (bicyclic) bond motifs is 1. The smallest absolute Gasteiger partial charge is 0.323 e. The summed E-state index contributed by atoms with van der Waals surface area (Å²) in [5.74, 6) is -2.92. The molecule has 1 aliphatic heterocycles. The zero-order valence-electron chi connectivity index (χ0n) is 16.3. The highest BCUT2D eigenvalue weighted by atomic mass is 16.4. The third kappa shape index (κ3) is 3.48. The standard InChI is InChI=1S/C22H19N3O4/c1-13-17(21(28)25(12-19(26)27)22(29)20(13)23-2)11-14-9-10-18(24(3)4)16-8-6-5-7-15(14)16/h5-11H,12H2,1,3-4H3,(H,26,27)/b17-11-. The van der Waals surface area contributed by atoms with Gasteiger partial charge in [-0.3, -0.25) is 19.3 Å². The average Bonchev–Trinajstić information content (AvgIpc) is 2.68. The molecule has 146 valence electrons. The predicted molar refractivity (Wildman–Crippen MR) is 110 cm³/mol. The molecule has 0 atom stereocenters. The van der Waals surface area contributed by atoms with Gasteiger partial charge >= 0.3 is 5.97 Å². The third-order valence-electron chi connectivity index (χ3n) is 4.80. The molecule has 1 aliphatic rings. The predicted octanol–water partition coefficient (Wildman–Crippen LogP) is 2.94. The molecule has 0 bridgehead atoms. The lowest BCUT2D eigenvalue weighted by atomic mass is 9.94. The van der Waals surface area contributed by atoms with Gasteiger partial charge in [-0.05, 0) is 35.6 Å². The van der Waals surface area contributed by atoms with E-state index < -0.39 is 24.3 Å². The Morgan fingerprint density at radius 2 is 1.79 bits per heavy atom.